The molecule has 1 amide bonds. The third-order valence-corrected chi connectivity index (χ3v) is 3.35. The van der Waals surface area contributed by atoms with Gasteiger partial charge in [-0.3, -0.25) is 9.59 Å². The Hall–Kier alpha value is -1.85. The van der Waals surface area contributed by atoms with Gasteiger partial charge < -0.3 is 5.32 Å². The SMILES string of the molecule is O=C1CCC(NC(=O)c2ccc(C(F)(F)F)cc2)CC1. The van der Waals surface area contributed by atoms with Crippen molar-refractivity contribution in [1.29, 1.82) is 0 Å². The molecule has 0 aromatic heterocycles. The first-order valence-electron chi connectivity index (χ1n) is 6.36. The molecule has 0 radical (unpaired) electrons. The molecule has 6 heteroatoms. The zero-order valence-electron chi connectivity index (χ0n) is 10.7. The summed E-state index contributed by atoms with van der Waals surface area (Å²) in [5.41, 5.74) is -0.591. The summed E-state index contributed by atoms with van der Waals surface area (Å²) in [6, 6.07) is 4.01. The molecule has 3 nitrogen and oxygen atoms in total. The number of hydrogen-bond donors (Lipinski definition) is 1. The quantitative estimate of drug-likeness (QED) is 0.908. The minimum absolute atomic E-state index is 0.0810. The number of carbonyl (C=O) groups excluding carboxylic acids is 2. The summed E-state index contributed by atoms with van der Waals surface area (Å²) < 4.78 is 37.2. The molecule has 0 bridgehead atoms. The highest BCUT2D eigenvalue weighted by Gasteiger charge is 2.30. The summed E-state index contributed by atoms with van der Waals surface area (Å²) in [5.74, 6) is -0.219. The van der Waals surface area contributed by atoms with Crippen LogP contribution >= 0.6 is 0 Å². The van der Waals surface area contributed by atoms with Crippen molar-refractivity contribution in [3.05, 3.63) is 35.4 Å². The van der Waals surface area contributed by atoms with Crippen molar-refractivity contribution < 1.29 is 22.8 Å². The van der Waals surface area contributed by atoms with Crippen molar-refractivity contribution in [3.8, 4) is 0 Å². The van der Waals surface area contributed by atoms with Gasteiger partial charge in [0.1, 0.15) is 5.78 Å². The van der Waals surface area contributed by atoms with Gasteiger partial charge in [0.15, 0.2) is 0 Å². The van der Waals surface area contributed by atoms with E-state index in [9.17, 15) is 22.8 Å². The van der Waals surface area contributed by atoms with E-state index in [2.05, 4.69) is 5.32 Å². The summed E-state index contributed by atoms with van der Waals surface area (Å²) >= 11 is 0. The molecule has 0 heterocycles. The second-order valence-corrected chi connectivity index (χ2v) is 4.86. The monoisotopic (exact) mass is 285 g/mol. The maximum absolute atomic E-state index is 12.4. The van der Waals surface area contributed by atoms with E-state index in [1.165, 1.54) is 0 Å². The minimum atomic E-state index is -4.40. The first kappa shape index (κ1) is 14.6. The predicted molar refractivity (Wildman–Crippen MR) is 66.2 cm³/mol. The summed E-state index contributed by atoms with van der Waals surface area (Å²) in [6.07, 6.45) is -2.34. The molecule has 0 aliphatic heterocycles. The van der Waals surface area contributed by atoms with Crippen LogP contribution in [-0.2, 0) is 11.0 Å². The molecule has 0 unspecified atom stereocenters. The lowest BCUT2D eigenvalue weighted by Gasteiger charge is -2.22. The maximum atomic E-state index is 12.4. The molecule has 0 spiro atoms. The van der Waals surface area contributed by atoms with E-state index in [1.54, 1.807) is 0 Å². The Kier molecular flexibility index (Phi) is 4.11. The van der Waals surface area contributed by atoms with Gasteiger partial charge in [-0.05, 0) is 37.1 Å². The summed E-state index contributed by atoms with van der Waals surface area (Å²) in [5, 5.41) is 2.74. The smallest absolute Gasteiger partial charge is 0.349 e. The van der Waals surface area contributed by atoms with Crippen LogP contribution in [0.15, 0.2) is 24.3 Å². The lowest BCUT2D eigenvalue weighted by Crippen LogP contribution is -2.37. The molecule has 1 aliphatic rings. The molecular weight excluding hydrogens is 271 g/mol. The van der Waals surface area contributed by atoms with Crippen molar-refractivity contribution in [3.63, 3.8) is 0 Å². The Morgan fingerprint density at radius 3 is 2.15 bits per heavy atom. The number of Topliss-reactive ketones (excluding diaryl/α,β-unsaturated/α-hetero) is 1. The largest absolute Gasteiger partial charge is 0.416 e. The fourth-order valence-electron chi connectivity index (χ4n) is 2.16. The molecule has 1 aromatic carbocycles. The van der Waals surface area contributed by atoms with Gasteiger partial charge >= 0.3 is 6.18 Å². The number of nitrogens with one attached hydrogen (secondary N) is 1. The van der Waals surface area contributed by atoms with Crippen LogP contribution in [0.2, 0.25) is 0 Å². The first-order valence-corrected chi connectivity index (χ1v) is 6.36. The van der Waals surface area contributed by atoms with Crippen molar-refractivity contribution in [2.24, 2.45) is 0 Å². The van der Waals surface area contributed by atoms with Crippen LogP contribution in [-0.4, -0.2) is 17.7 Å². The van der Waals surface area contributed by atoms with Crippen LogP contribution in [0.25, 0.3) is 0 Å². The van der Waals surface area contributed by atoms with Crippen molar-refractivity contribution in [2.75, 3.05) is 0 Å². The Morgan fingerprint density at radius 1 is 1.10 bits per heavy atom. The number of hydrogen-bond acceptors (Lipinski definition) is 2. The van der Waals surface area contributed by atoms with Crippen molar-refractivity contribution in [1.82, 2.24) is 5.32 Å². The molecular formula is C14H14F3NO2. The van der Waals surface area contributed by atoms with Gasteiger partial charge in [0.2, 0.25) is 0 Å². The molecule has 1 aliphatic carbocycles. The first-order chi connectivity index (χ1) is 9.36. The van der Waals surface area contributed by atoms with Gasteiger partial charge in [-0.2, -0.15) is 13.2 Å². The normalized spacial score (nSPS) is 17.1. The number of halogens is 3. The Bertz CT molecular complexity index is 498. The third-order valence-electron chi connectivity index (χ3n) is 3.35. The number of ketones is 1. The lowest BCUT2D eigenvalue weighted by molar-refractivity contribution is -0.137. The zero-order chi connectivity index (χ0) is 14.8. The van der Waals surface area contributed by atoms with E-state index in [0.717, 1.165) is 24.3 Å². The molecule has 1 aromatic rings. The molecule has 20 heavy (non-hydrogen) atoms. The number of benzene rings is 1. The zero-order valence-corrected chi connectivity index (χ0v) is 10.7. The second kappa shape index (κ2) is 5.64. The fourth-order valence-corrected chi connectivity index (χ4v) is 2.16. The highest BCUT2D eigenvalue weighted by Crippen LogP contribution is 2.29. The van der Waals surface area contributed by atoms with Crippen LogP contribution in [0.1, 0.15) is 41.6 Å². The Balaban J connectivity index is 1.97. The van der Waals surface area contributed by atoms with Crippen LogP contribution in [0.3, 0.4) is 0 Å². The van der Waals surface area contributed by atoms with E-state index in [-0.39, 0.29) is 17.4 Å². The van der Waals surface area contributed by atoms with E-state index >= 15 is 0 Å². The topological polar surface area (TPSA) is 46.2 Å². The highest BCUT2D eigenvalue weighted by molar-refractivity contribution is 5.94. The van der Waals surface area contributed by atoms with Crippen molar-refractivity contribution in [2.45, 2.75) is 37.9 Å². The molecule has 1 saturated carbocycles. The minimum Gasteiger partial charge on any atom is -0.349 e. The third kappa shape index (κ3) is 3.59. The summed E-state index contributed by atoms with van der Waals surface area (Å²) in [4.78, 5) is 23.0. The van der Waals surface area contributed by atoms with Gasteiger partial charge in [0.25, 0.3) is 5.91 Å². The van der Waals surface area contributed by atoms with E-state index < -0.39 is 17.6 Å². The van der Waals surface area contributed by atoms with Gasteiger partial charge in [-0.1, -0.05) is 0 Å². The fraction of sp³-hybridized carbons (Fsp3) is 0.429. The standard InChI is InChI=1S/C14H14F3NO2/c15-14(16,17)10-3-1-9(2-4-10)13(20)18-11-5-7-12(19)8-6-11/h1-4,11H,5-8H2,(H,18,20). The van der Waals surface area contributed by atoms with Gasteiger partial charge in [0.05, 0.1) is 5.56 Å². The molecule has 108 valence electrons. The average Bonchev–Trinajstić information content (AvgIpc) is 2.40. The number of carbonyl (C=O) groups is 2. The number of rotatable bonds is 2. The van der Waals surface area contributed by atoms with Gasteiger partial charge in [-0.15, -0.1) is 0 Å². The Morgan fingerprint density at radius 2 is 1.65 bits per heavy atom. The van der Waals surface area contributed by atoms with Gasteiger partial charge in [-0.25, -0.2) is 0 Å². The molecule has 0 atom stereocenters. The molecule has 0 saturated heterocycles. The van der Waals surface area contributed by atoms with Crippen LogP contribution < -0.4 is 5.32 Å². The maximum Gasteiger partial charge on any atom is 0.416 e. The number of amides is 1. The predicted octanol–water partition coefficient (Wildman–Crippen LogP) is 2.95. The lowest BCUT2D eigenvalue weighted by atomic mass is 9.94. The molecule has 1 fully saturated rings. The van der Waals surface area contributed by atoms with Crippen LogP contribution in [0.5, 0.6) is 0 Å². The molecule has 2 rings (SSSR count). The highest BCUT2D eigenvalue weighted by atomic mass is 19.4. The van der Waals surface area contributed by atoms with Gasteiger partial charge in [0, 0.05) is 24.4 Å². The summed E-state index contributed by atoms with van der Waals surface area (Å²) in [7, 11) is 0. The van der Waals surface area contributed by atoms with E-state index in [4.69, 9.17) is 0 Å². The number of alkyl halides is 3. The van der Waals surface area contributed by atoms with Crippen molar-refractivity contribution >= 4 is 11.7 Å². The van der Waals surface area contributed by atoms with E-state index in [1.807, 2.05) is 0 Å². The molecule has 1 N–H and O–H groups in total. The Labute approximate surface area is 114 Å². The average molecular weight is 285 g/mol. The van der Waals surface area contributed by atoms with Crippen LogP contribution in [0.4, 0.5) is 13.2 Å². The second-order valence-electron chi connectivity index (χ2n) is 4.86. The van der Waals surface area contributed by atoms with E-state index in [0.29, 0.717) is 25.7 Å². The van der Waals surface area contributed by atoms with Crippen LogP contribution in [0, 0.1) is 0 Å². The summed E-state index contributed by atoms with van der Waals surface area (Å²) in [6.45, 7) is 0.